The van der Waals surface area contributed by atoms with Crippen molar-refractivity contribution in [2.45, 2.75) is 26.3 Å². The van der Waals surface area contributed by atoms with Gasteiger partial charge < -0.3 is 24.2 Å². The van der Waals surface area contributed by atoms with Crippen LogP contribution in [0.15, 0.2) is 60.8 Å². The molecule has 0 radical (unpaired) electrons. The maximum atomic E-state index is 13.4. The molecule has 9 heteroatoms. The highest BCUT2D eigenvalue weighted by Gasteiger charge is 2.46. The maximum Gasteiger partial charge on any atom is 0.295 e. The molecule has 0 aliphatic carbocycles. The Bertz CT molecular complexity index is 1360. The molecule has 1 N–H and O–H groups in total. The summed E-state index contributed by atoms with van der Waals surface area (Å²) in [5.41, 5.74) is 2.13. The number of aliphatic hydroxyl groups excluding tert-OH is 1. The summed E-state index contributed by atoms with van der Waals surface area (Å²) in [7, 11) is 1.58. The van der Waals surface area contributed by atoms with Gasteiger partial charge in [-0.2, -0.15) is 0 Å². The Balaban J connectivity index is 1.90. The first-order valence-electron chi connectivity index (χ1n) is 12.1. The molecule has 1 fully saturated rings. The van der Waals surface area contributed by atoms with E-state index in [1.807, 2.05) is 19.1 Å². The van der Waals surface area contributed by atoms with E-state index < -0.39 is 17.7 Å². The molecule has 1 unspecified atom stereocenters. The number of ether oxygens (including phenoxy) is 3. The fourth-order valence-electron chi connectivity index (χ4n) is 4.59. The van der Waals surface area contributed by atoms with Gasteiger partial charge >= 0.3 is 0 Å². The number of methoxy groups -OCH3 is 1. The minimum absolute atomic E-state index is 0.00150. The lowest BCUT2D eigenvalue weighted by molar-refractivity contribution is -0.140. The lowest BCUT2D eigenvalue weighted by Crippen LogP contribution is -2.31. The Hall–Kier alpha value is -4.11. The zero-order chi connectivity index (χ0) is 26.5. The van der Waals surface area contributed by atoms with E-state index in [1.165, 1.54) is 4.90 Å². The van der Waals surface area contributed by atoms with Gasteiger partial charge in [0.1, 0.15) is 17.9 Å². The van der Waals surface area contributed by atoms with Crippen LogP contribution in [0.3, 0.4) is 0 Å². The first kappa shape index (κ1) is 26.0. The molecule has 194 valence electrons. The number of benzene rings is 1. The standard InChI is InChI=1S/C28H31N3O6/c1-5-15-37-20-12-11-19(17-21(20)36-6-2)25-23(27(33)28(34)31(25)14-9-16-35-4)26(32)24-18(3)29-22-10-7-8-13-30(22)24/h5,7-8,10-13,17,25,32H,1,6,9,14-16H2,2-4H3. The van der Waals surface area contributed by atoms with Gasteiger partial charge in [-0.3, -0.25) is 14.0 Å². The van der Waals surface area contributed by atoms with E-state index in [0.717, 1.165) is 0 Å². The fraction of sp³-hybridized carbons (Fsp3) is 0.321. The Labute approximate surface area is 215 Å². The minimum atomic E-state index is -0.835. The minimum Gasteiger partial charge on any atom is -0.505 e. The van der Waals surface area contributed by atoms with Crippen molar-refractivity contribution in [3.63, 3.8) is 0 Å². The zero-order valence-electron chi connectivity index (χ0n) is 21.3. The molecule has 1 atom stereocenters. The van der Waals surface area contributed by atoms with Crippen LogP contribution in [-0.4, -0.2) is 64.6 Å². The lowest BCUT2D eigenvalue weighted by atomic mass is 9.95. The van der Waals surface area contributed by atoms with E-state index in [4.69, 9.17) is 14.2 Å². The van der Waals surface area contributed by atoms with Crippen LogP contribution in [0.25, 0.3) is 11.4 Å². The molecule has 1 amide bonds. The van der Waals surface area contributed by atoms with Crippen molar-refractivity contribution in [2.75, 3.05) is 33.5 Å². The lowest BCUT2D eigenvalue weighted by Gasteiger charge is -2.26. The third-order valence-electron chi connectivity index (χ3n) is 6.16. The summed E-state index contributed by atoms with van der Waals surface area (Å²) in [6, 6.07) is 9.87. The van der Waals surface area contributed by atoms with E-state index >= 15 is 0 Å². The molecule has 1 aliphatic rings. The van der Waals surface area contributed by atoms with Crippen LogP contribution in [0.1, 0.15) is 36.3 Å². The number of carbonyl (C=O) groups excluding carboxylic acids is 2. The van der Waals surface area contributed by atoms with Crippen molar-refractivity contribution < 1.29 is 28.9 Å². The molecular weight excluding hydrogens is 474 g/mol. The van der Waals surface area contributed by atoms with Gasteiger partial charge in [0.25, 0.3) is 11.7 Å². The van der Waals surface area contributed by atoms with Crippen LogP contribution in [-0.2, 0) is 14.3 Å². The molecule has 1 aromatic carbocycles. The largest absolute Gasteiger partial charge is 0.505 e. The predicted octanol–water partition coefficient (Wildman–Crippen LogP) is 4.06. The number of ketones is 1. The van der Waals surface area contributed by atoms with E-state index in [2.05, 4.69) is 11.6 Å². The number of rotatable bonds is 11. The number of Topliss-reactive ketones (excluding diaryl/α,β-unsaturated/α-hetero) is 1. The third-order valence-corrected chi connectivity index (χ3v) is 6.16. The number of aliphatic hydroxyl groups is 1. The predicted molar refractivity (Wildman–Crippen MR) is 139 cm³/mol. The summed E-state index contributed by atoms with van der Waals surface area (Å²) in [5.74, 6) is -0.734. The van der Waals surface area contributed by atoms with Gasteiger partial charge in [-0.15, -0.1) is 0 Å². The summed E-state index contributed by atoms with van der Waals surface area (Å²) in [6.45, 7) is 8.66. The molecular formula is C28H31N3O6. The smallest absolute Gasteiger partial charge is 0.295 e. The second-order valence-corrected chi connectivity index (χ2v) is 8.55. The van der Waals surface area contributed by atoms with Gasteiger partial charge in [-0.1, -0.05) is 24.8 Å². The van der Waals surface area contributed by atoms with Crippen molar-refractivity contribution in [3.8, 4) is 11.5 Å². The summed E-state index contributed by atoms with van der Waals surface area (Å²) in [6.07, 6.45) is 3.91. The second kappa shape index (κ2) is 11.3. The monoisotopic (exact) mass is 505 g/mol. The van der Waals surface area contributed by atoms with Crippen molar-refractivity contribution >= 4 is 23.1 Å². The van der Waals surface area contributed by atoms with Crippen LogP contribution in [0.2, 0.25) is 0 Å². The number of carbonyl (C=O) groups is 2. The Kier molecular flexibility index (Phi) is 7.93. The van der Waals surface area contributed by atoms with E-state index in [1.54, 1.807) is 55.0 Å². The summed E-state index contributed by atoms with van der Waals surface area (Å²) in [4.78, 5) is 32.6. The van der Waals surface area contributed by atoms with Crippen molar-refractivity contribution in [3.05, 3.63) is 77.8 Å². The molecule has 0 saturated carbocycles. The van der Waals surface area contributed by atoms with Crippen LogP contribution in [0.4, 0.5) is 0 Å². The van der Waals surface area contributed by atoms with Gasteiger partial charge in [0.05, 0.1) is 23.9 Å². The number of nitrogens with zero attached hydrogens (tertiary/aromatic N) is 3. The number of likely N-dealkylation sites (tertiary alicyclic amines) is 1. The number of hydrogen-bond donors (Lipinski definition) is 1. The highest BCUT2D eigenvalue weighted by atomic mass is 16.5. The van der Waals surface area contributed by atoms with Gasteiger partial charge in [-0.05, 0) is 50.1 Å². The molecule has 1 saturated heterocycles. The maximum absolute atomic E-state index is 13.4. The second-order valence-electron chi connectivity index (χ2n) is 8.55. The molecule has 2 aromatic heterocycles. The first-order chi connectivity index (χ1) is 17.9. The zero-order valence-corrected chi connectivity index (χ0v) is 21.3. The normalized spacial score (nSPS) is 16.9. The number of pyridine rings is 1. The number of aromatic nitrogens is 2. The van der Waals surface area contributed by atoms with Crippen molar-refractivity contribution in [2.24, 2.45) is 0 Å². The molecule has 0 spiro atoms. The summed E-state index contributed by atoms with van der Waals surface area (Å²) >= 11 is 0. The third kappa shape index (κ3) is 4.95. The number of aryl methyl sites for hydroxylation is 1. The van der Waals surface area contributed by atoms with Gasteiger partial charge in [0.15, 0.2) is 17.3 Å². The van der Waals surface area contributed by atoms with Crippen LogP contribution >= 0.6 is 0 Å². The molecule has 3 aromatic rings. The van der Waals surface area contributed by atoms with Crippen LogP contribution in [0, 0.1) is 6.92 Å². The van der Waals surface area contributed by atoms with Gasteiger partial charge in [0.2, 0.25) is 0 Å². The Morgan fingerprint density at radius 2 is 2.00 bits per heavy atom. The van der Waals surface area contributed by atoms with Gasteiger partial charge in [0, 0.05) is 26.5 Å². The Morgan fingerprint density at radius 3 is 2.73 bits per heavy atom. The highest BCUT2D eigenvalue weighted by Crippen LogP contribution is 2.42. The highest BCUT2D eigenvalue weighted by molar-refractivity contribution is 6.46. The van der Waals surface area contributed by atoms with E-state index in [-0.39, 0.29) is 17.9 Å². The van der Waals surface area contributed by atoms with Crippen LogP contribution < -0.4 is 9.47 Å². The van der Waals surface area contributed by atoms with Crippen molar-refractivity contribution in [1.82, 2.24) is 14.3 Å². The number of hydrogen-bond acceptors (Lipinski definition) is 7. The van der Waals surface area contributed by atoms with E-state index in [0.29, 0.717) is 60.3 Å². The summed E-state index contributed by atoms with van der Waals surface area (Å²) in [5, 5.41) is 11.6. The molecule has 37 heavy (non-hydrogen) atoms. The molecule has 4 rings (SSSR count). The van der Waals surface area contributed by atoms with E-state index in [9.17, 15) is 14.7 Å². The van der Waals surface area contributed by atoms with Crippen LogP contribution in [0.5, 0.6) is 11.5 Å². The fourth-order valence-corrected chi connectivity index (χ4v) is 4.59. The first-order valence-corrected chi connectivity index (χ1v) is 12.1. The number of imidazole rings is 1. The average molecular weight is 506 g/mol. The average Bonchev–Trinajstić information content (AvgIpc) is 3.36. The SMILES string of the molecule is C=CCOc1ccc(C2C(=C(O)c3c(C)nc4ccccn34)C(=O)C(=O)N2CCCOC)cc1OCC. The quantitative estimate of drug-likeness (QED) is 0.138. The Morgan fingerprint density at radius 1 is 1.19 bits per heavy atom. The number of fused-ring (bicyclic) bond motifs is 1. The topological polar surface area (TPSA) is 103 Å². The molecule has 9 nitrogen and oxygen atoms in total. The van der Waals surface area contributed by atoms with Gasteiger partial charge in [-0.25, -0.2) is 4.98 Å². The molecule has 0 bridgehead atoms. The molecule has 1 aliphatic heterocycles. The van der Waals surface area contributed by atoms with Crippen molar-refractivity contribution in [1.29, 1.82) is 0 Å². The number of amides is 1. The molecule has 3 heterocycles. The summed E-state index contributed by atoms with van der Waals surface area (Å²) < 4.78 is 18.4.